The summed E-state index contributed by atoms with van der Waals surface area (Å²) in [6.07, 6.45) is 2.78. The van der Waals surface area contributed by atoms with Crippen LogP contribution in [0.3, 0.4) is 0 Å². The summed E-state index contributed by atoms with van der Waals surface area (Å²) < 4.78 is 5.74. The molecule has 28 heavy (non-hydrogen) atoms. The fraction of sp³-hybridized carbons (Fsp3) is 0.391. The third-order valence-corrected chi connectivity index (χ3v) is 5.44. The molecule has 0 bridgehead atoms. The van der Waals surface area contributed by atoms with Crippen molar-refractivity contribution in [1.82, 2.24) is 0 Å². The van der Waals surface area contributed by atoms with Crippen LogP contribution in [0.4, 0.5) is 11.4 Å². The molecule has 1 atom stereocenters. The van der Waals surface area contributed by atoms with Crippen LogP contribution in [0.2, 0.25) is 0 Å². The lowest BCUT2D eigenvalue weighted by atomic mass is 9.74. The number of hydrogen-bond acceptors (Lipinski definition) is 4. The van der Waals surface area contributed by atoms with E-state index in [1.165, 1.54) is 0 Å². The molecule has 2 heterocycles. The molecule has 0 radical (unpaired) electrons. The van der Waals surface area contributed by atoms with Crippen LogP contribution in [0.15, 0.2) is 58.3 Å². The van der Waals surface area contributed by atoms with Gasteiger partial charge in [0.05, 0.1) is 17.6 Å². The molecule has 146 valence electrons. The lowest BCUT2D eigenvalue weighted by Gasteiger charge is -2.36. The van der Waals surface area contributed by atoms with E-state index in [9.17, 15) is 9.59 Å². The van der Waals surface area contributed by atoms with Crippen molar-refractivity contribution in [2.75, 3.05) is 10.2 Å². The predicted octanol–water partition coefficient (Wildman–Crippen LogP) is 5.08. The zero-order valence-electron chi connectivity index (χ0n) is 16.8. The van der Waals surface area contributed by atoms with Crippen LogP contribution < -0.4 is 10.2 Å². The first kappa shape index (κ1) is 18.5. The van der Waals surface area contributed by atoms with Gasteiger partial charge in [0.15, 0.2) is 5.78 Å². The Morgan fingerprint density at radius 3 is 2.61 bits per heavy atom. The number of nitrogens with one attached hydrogen (secondary N) is 1. The van der Waals surface area contributed by atoms with Crippen LogP contribution in [0, 0.1) is 11.3 Å². The zero-order chi connectivity index (χ0) is 20.1. The number of carbonyl (C=O) groups excluding carboxylic acids is 2. The first-order valence-corrected chi connectivity index (χ1v) is 9.77. The molecule has 0 saturated heterocycles. The van der Waals surface area contributed by atoms with Crippen molar-refractivity contribution in [3.05, 3.63) is 59.7 Å². The minimum absolute atomic E-state index is 0.0398. The van der Waals surface area contributed by atoms with Crippen molar-refractivity contribution in [3.63, 3.8) is 0 Å². The van der Waals surface area contributed by atoms with E-state index in [1.54, 1.807) is 17.2 Å². The number of nitrogens with zero attached hydrogens (tertiary/aromatic N) is 1. The molecule has 0 saturated carbocycles. The molecule has 5 nitrogen and oxygen atoms in total. The van der Waals surface area contributed by atoms with Gasteiger partial charge in [-0.2, -0.15) is 0 Å². The van der Waals surface area contributed by atoms with Crippen molar-refractivity contribution in [2.24, 2.45) is 11.3 Å². The van der Waals surface area contributed by atoms with Gasteiger partial charge in [-0.05, 0) is 36.1 Å². The van der Waals surface area contributed by atoms with Crippen molar-refractivity contribution >= 4 is 23.1 Å². The number of Topliss-reactive ketones (excluding diaryl/α,β-unsaturated/α-hetero) is 1. The molecule has 5 heteroatoms. The molecular weight excluding hydrogens is 352 g/mol. The predicted molar refractivity (Wildman–Crippen MR) is 109 cm³/mol. The molecule has 2 aromatic rings. The van der Waals surface area contributed by atoms with Gasteiger partial charge in [-0.1, -0.05) is 39.8 Å². The third-order valence-electron chi connectivity index (χ3n) is 5.44. The van der Waals surface area contributed by atoms with Crippen LogP contribution in [-0.4, -0.2) is 11.7 Å². The second-order valence-corrected chi connectivity index (χ2v) is 8.76. The molecule has 0 spiro atoms. The second kappa shape index (κ2) is 6.66. The smallest absolute Gasteiger partial charge is 0.230 e. The largest absolute Gasteiger partial charge is 0.467 e. The highest BCUT2D eigenvalue weighted by Crippen LogP contribution is 2.48. The van der Waals surface area contributed by atoms with Crippen LogP contribution in [-0.2, 0) is 9.59 Å². The Bertz CT molecular complexity index is 954. The molecule has 1 aromatic heterocycles. The maximum Gasteiger partial charge on any atom is 0.230 e. The molecule has 1 amide bonds. The van der Waals surface area contributed by atoms with Gasteiger partial charge in [-0.25, -0.2) is 0 Å². The summed E-state index contributed by atoms with van der Waals surface area (Å²) >= 11 is 0. The third kappa shape index (κ3) is 3.05. The molecule has 0 fully saturated rings. The zero-order valence-corrected chi connectivity index (χ0v) is 16.8. The summed E-state index contributed by atoms with van der Waals surface area (Å²) in [6, 6.07) is 10.8. The van der Waals surface area contributed by atoms with Gasteiger partial charge < -0.3 is 9.73 Å². The van der Waals surface area contributed by atoms with E-state index in [1.807, 2.05) is 44.2 Å². The van der Waals surface area contributed by atoms with Crippen LogP contribution in [0.5, 0.6) is 0 Å². The van der Waals surface area contributed by atoms with Crippen molar-refractivity contribution in [2.45, 2.75) is 46.6 Å². The lowest BCUT2D eigenvalue weighted by molar-refractivity contribution is -0.122. The topological polar surface area (TPSA) is 62.6 Å². The number of rotatable bonds is 2. The highest BCUT2D eigenvalue weighted by atomic mass is 16.3. The standard InChI is InChI=1S/C23H26N2O3/c1-14(2)22(27)25-17-9-6-5-8-15(17)24-16-12-23(3,4)13-18(26)20(16)21(25)19-10-7-11-28-19/h5-11,14,21,24H,12-13H2,1-4H3/t21-/m1/s1. The van der Waals surface area contributed by atoms with Gasteiger partial charge in [-0.3, -0.25) is 14.5 Å². The van der Waals surface area contributed by atoms with Crippen LogP contribution in [0.1, 0.15) is 52.3 Å². The lowest BCUT2D eigenvalue weighted by Crippen LogP contribution is -2.41. The monoisotopic (exact) mass is 378 g/mol. The van der Waals surface area contributed by atoms with E-state index < -0.39 is 6.04 Å². The Morgan fingerprint density at radius 1 is 1.18 bits per heavy atom. The quantitative estimate of drug-likeness (QED) is 0.792. The maximum absolute atomic E-state index is 13.4. The van der Waals surface area contributed by atoms with Crippen molar-refractivity contribution in [1.29, 1.82) is 0 Å². The van der Waals surface area contributed by atoms with E-state index >= 15 is 0 Å². The fourth-order valence-electron chi connectivity index (χ4n) is 4.22. The molecule has 1 aliphatic heterocycles. The van der Waals surface area contributed by atoms with Gasteiger partial charge in [-0.15, -0.1) is 0 Å². The molecule has 4 rings (SSSR count). The minimum Gasteiger partial charge on any atom is -0.467 e. The fourth-order valence-corrected chi connectivity index (χ4v) is 4.22. The highest BCUT2D eigenvalue weighted by molar-refractivity contribution is 6.06. The SMILES string of the molecule is CC(C)C(=O)N1c2ccccc2NC2=C(C(=O)CC(C)(C)C2)[C@H]1c1ccco1. The van der Waals surface area contributed by atoms with Gasteiger partial charge in [0.2, 0.25) is 5.91 Å². The molecular formula is C23H26N2O3. The average Bonchev–Trinajstić information content (AvgIpc) is 3.09. The summed E-state index contributed by atoms with van der Waals surface area (Å²) in [5.41, 5.74) is 2.99. The summed E-state index contributed by atoms with van der Waals surface area (Å²) in [5.74, 6) is 0.410. The number of ketones is 1. The Balaban J connectivity index is 2.00. The van der Waals surface area contributed by atoms with Crippen LogP contribution >= 0.6 is 0 Å². The number of carbonyl (C=O) groups is 2. The summed E-state index contributed by atoms with van der Waals surface area (Å²) in [4.78, 5) is 28.4. The number of benzene rings is 1. The first-order chi connectivity index (χ1) is 13.3. The molecule has 0 unspecified atom stereocenters. The number of hydrogen-bond donors (Lipinski definition) is 1. The van der Waals surface area contributed by atoms with Gasteiger partial charge in [0, 0.05) is 23.6 Å². The number of allylic oxidation sites excluding steroid dienone is 1. The first-order valence-electron chi connectivity index (χ1n) is 9.77. The number of para-hydroxylation sites is 2. The molecule has 1 aliphatic carbocycles. The van der Waals surface area contributed by atoms with E-state index in [0.29, 0.717) is 17.8 Å². The second-order valence-electron chi connectivity index (χ2n) is 8.76. The Hall–Kier alpha value is -2.82. The van der Waals surface area contributed by atoms with E-state index in [0.717, 1.165) is 23.5 Å². The number of furan rings is 1. The minimum atomic E-state index is -0.570. The molecule has 1 aromatic carbocycles. The number of anilines is 2. The highest BCUT2D eigenvalue weighted by Gasteiger charge is 2.44. The maximum atomic E-state index is 13.4. The van der Waals surface area contributed by atoms with E-state index in [2.05, 4.69) is 19.2 Å². The molecule has 2 aliphatic rings. The normalized spacial score (nSPS) is 21.1. The molecule has 1 N–H and O–H groups in total. The summed E-state index contributed by atoms with van der Waals surface area (Å²) in [7, 11) is 0. The Morgan fingerprint density at radius 2 is 1.93 bits per heavy atom. The summed E-state index contributed by atoms with van der Waals surface area (Å²) in [5, 5.41) is 3.49. The van der Waals surface area contributed by atoms with Gasteiger partial charge in [0.25, 0.3) is 0 Å². The van der Waals surface area contributed by atoms with Gasteiger partial charge >= 0.3 is 0 Å². The van der Waals surface area contributed by atoms with E-state index in [4.69, 9.17) is 4.42 Å². The van der Waals surface area contributed by atoms with E-state index in [-0.39, 0.29) is 23.0 Å². The van der Waals surface area contributed by atoms with Crippen molar-refractivity contribution < 1.29 is 14.0 Å². The van der Waals surface area contributed by atoms with Crippen molar-refractivity contribution in [3.8, 4) is 0 Å². The number of fused-ring (bicyclic) bond motifs is 1. The Kier molecular flexibility index (Phi) is 4.41. The van der Waals surface area contributed by atoms with Gasteiger partial charge in [0.1, 0.15) is 11.8 Å². The summed E-state index contributed by atoms with van der Waals surface area (Å²) in [6.45, 7) is 7.96. The number of amides is 1. The Labute approximate surface area is 165 Å². The average molecular weight is 378 g/mol. The van der Waals surface area contributed by atoms with Crippen LogP contribution in [0.25, 0.3) is 0 Å².